The van der Waals surface area contributed by atoms with E-state index in [-0.39, 0.29) is 35.4 Å². The van der Waals surface area contributed by atoms with Gasteiger partial charge in [-0.05, 0) is 37.5 Å². The van der Waals surface area contributed by atoms with E-state index in [1.165, 1.54) is 37.2 Å². The average molecular weight is 528 g/mol. The standard InChI is InChI=1S/C22H33N5S.HI/c1-16(17-9-8-10-18(13-17)27-11-6-7-12-27)25-21(23-5)24-14-20-26-19(15-28-20)22(2,3)4;/h8-10,13,15-16H,6-7,11-12,14H2,1-5H3,(H2,23,24,25);1H. The zero-order valence-electron chi connectivity index (χ0n) is 18.2. The molecule has 1 unspecified atom stereocenters. The molecule has 5 nitrogen and oxygen atoms in total. The predicted molar refractivity (Wildman–Crippen MR) is 136 cm³/mol. The molecule has 29 heavy (non-hydrogen) atoms. The molecule has 2 N–H and O–H groups in total. The van der Waals surface area contributed by atoms with Gasteiger partial charge in [-0.3, -0.25) is 4.99 Å². The summed E-state index contributed by atoms with van der Waals surface area (Å²) in [6.07, 6.45) is 2.59. The molecule has 0 aliphatic carbocycles. The molecule has 1 aliphatic rings. The molecule has 1 saturated heterocycles. The maximum Gasteiger partial charge on any atom is 0.191 e. The highest BCUT2D eigenvalue weighted by atomic mass is 127. The maximum atomic E-state index is 4.75. The lowest BCUT2D eigenvalue weighted by Crippen LogP contribution is -2.38. The van der Waals surface area contributed by atoms with E-state index in [9.17, 15) is 0 Å². The summed E-state index contributed by atoms with van der Waals surface area (Å²) in [6, 6.07) is 9.02. The van der Waals surface area contributed by atoms with E-state index in [0.29, 0.717) is 6.54 Å². The maximum absolute atomic E-state index is 4.75. The van der Waals surface area contributed by atoms with Gasteiger partial charge in [-0.25, -0.2) is 4.98 Å². The number of hydrogen-bond acceptors (Lipinski definition) is 4. The van der Waals surface area contributed by atoms with Crippen molar-refractivity contribution >= 4 is 47.0 Å². The molecule has 1 aromatic carbocycles. The number of aromatic nitrogens is 1. The molecule has 1 aromatic heterocycles. The van der Waals surface area contributed by atoms with Gasteiger partial charge in [0, 0.05) is 36.6 Å². The number of aliphatic imine (C=N–C) groups is 1. The number of nitrogens with one attached hydrogen (secondary N) is 2. The molecule has 2 aromatic rings. The van der Waals surface area contributed by atoms with Gasteiger partial charge in [0.15, 0.2) is 5.96 Å². The number of hydrogen-bond donors (Lipinski definition) is 2. The Morgan fingerprint density at radius 1 is 1.28 bits per heavy atom. The van der Waals surface area contributed by atoms with Gasteiger partial charge in [0.2, 0.25) is 0 Å². The van der Waals surface area contributed by atoms with E-state index < -0.39 is 0 Å². The Hall–Kier alpha value is -1.35. The highest BCUT2D eigenvalue weighted by molar-refractivity contribution is 14.0. The summed E-state index contributed by atoms with van der Waals surface area (Å²) in [5.41, 5.74) is 3.83. The number of nitrogens with zero attached hydrogens (tertiary/aromatic N) is 3. The zero-order chi connectivity index (χ0) is 20.1. The van der Waals surface area contributed by atoms with Crippen molar-refractivity contribution in [3.8, 4) is 0 Å². The van der Waals surface area contributed by atoms with E-state index >= 15 is 0 Å². The monoisotopic (exact) mass is 527 g/mol. The second kappa shape index (κ2) is 10.6. The number of guanidine groups is 1. The van der Waals surface area contributed by atoms with Gasteiger partial charge in [-0.1, -0.05) is 32.9 Å². The molecule has 7 heteroatoms. The first-order valence-electron chi connectivity index (χ1n) is 10.1. The summed E-state index contributed by atoms with van der Waals surface area (Å²) in [5, 5.41) is 10.1. The van der Waals surface area contributed by atoms with E-state index in [2.05, 4.69) is 77.9 Å². The van der Waals surface area contributed by atoms with Crippen molar-refractivity contribution in [3.63, 3.8) is 0 Å². The summed E-state index contributed by atoms with van der Waals surface area (Å²) in [7, 11) is 1.81. The van der Waals surface area contributed by atoms with Crippen LogP contribution in [-0.2, 0) is 12.0 Å². The molecule has 0 saturated carbocycles. The van der Waals surface area contributed by atoms with Crippen molar-refractivity contribution in [1.29, 1.82) is 0 Å². The van der Waals surface area contributed by atoms with Crippen LogP contribution in [0.25, 0.3) is 0 Å². The Labute approximate surface area is 196 Å². The van der Waals surface area contributed by atoms with E-state index in [0.717, 1.165) is 16.7 Å². The van der Waals surface area contributed by atoms with Crippen molar-refractivity contribution in [3.05, 3.63) is 45.9 Å². The summed E-state index contributed by atoms with van der Waals surface area (Å²) < 4.78 is 0. The molecule has 1 atom stereocenters. The van der Waals surface area contributed by atoms with Crippen LogP contribution in [0.5, 0.6) is 0 Å². The Kier molecular flexibility index (Phi) is 8.75. The highest BCUT2D eigenvalue weighted by Gasteiger charge is 2.18. The van der Waals surface area contributed by atoms with Gasteiger partial charge < -0.3 is 15.5 Å². The molecule has 0 amide bonds. The predicted octanol–water partition coefficient (Wildman–Crippen LogP) is 5.09. The molecule has 0 radical (unpaired) electrons. The van der Waals surface area contributed by atoms with Gasteiger partial charge >= 0.3 is 0 Å². The molecule has 1 aliphatic heterocycles. The summed E-state index contributed by atoms with van der Waals surface area (Å²) in [6.45, 7) is 11.8. The molecule has 0 spiro atoms. The third-order valence-electron chi connectivity index (χ3n) is 5.15. The molecule has 160 valence electrons. The van der Waals surface area contributed by atoms with E-state index in [1.54, 1.807) is 11.3 Å². The Balaban J connectivity index is 0.00000300. The van der Waals surface area contributed by atoms with E-state index in [4.69, 9.17) is 4.98 Å². The molecule has 1 fully saturated rings. The van der Waals surface area contributed by atoms with Crippen LogP contribution in [0, 0.1) is 0 Å². The summed E-state index contributed by atoms with van der Waals surface area (Å²) >= 11 is 1.70. The highest BCUT2D eigenvalue weighted by Crippen LogP contribution is 2.25. The molecule has 3 rings (SSSR count). The summed E-state index contributed by atoms with van der Waals surface area (Å²) in [5.74, 6) is 0.798. The zero-order valence-corrected chi connectivity index (χ0v) is 21.3. The smallest absolute Gasteiger partial charge is 0.191 e. The van der Waals surface area contributed by atoms with E-state index in [1.807, 2.05) is 7.05 Å². The minimum Gasteiger partial charge on any atom is -0.372 e. The van der Waals surface area contributed by atoms with Crippen LogP contribution in [0.4, 0.5) is 5.69 Å². The van der Waals surface area contributed by atoms with Crippen LogP contribution in [-0.4, -0.2) is 31.1 Å². The quantitative estimate of drug-likeness (QED) is 0.324. The van der Waals surface area contributed by atoms with Gasteiger partial charge in [0.1, 0.15) is 5.01 Å². The molecular weight excluding hydrogens is 493 g/mol. The van der Waals surface area contributed by atoms with Gasteiger partial charge in [0.05, 0.1) is 18.3 Å². The van der Waals surface area contributed by atoms with Gasteiger partial charge in [-0.2, -0.15) is 0 Å². The third kappa shape index (κ3) is 6.57. The van der Waals surface area contributed by atoms with Crippen LogP contribution >= 0.6 is 35.3 Å². The lowest BCUT2D eigenvalue weighted by molar-refractivity contribution is 0.570. The van der Waals surface area contributed by atoms with Crippen LogP contribution in [0.1, 0.15) is 62.8 Å². The largest absolute Gasteiger partial charge is 0.372 e. The Morgan fingerprint density at radius 3 is 2.62 bits per heavy atom. The fourth-order valence-electron chi connectivity index (χ4n) is 3.35. The second-order valence-electron chi connectivity index (χ2n) is 8.46. The lowest BCUT2D eigenvalue weighted by atomic mass is 9.93. The molecule has 0 bridgehead atoms. The minimum absolute atomic E-state index is 0. The van der Waals surface area contributed by atoms with Crippen molar-refractivity contribution in [2.45, 2.75) is 58.5 Å². The van der Waals surface area contributed by atoms with Crippen LogP contribution in [0.3, 0.4) is 0 Å². The molecular formula is C22H34IN5S. The fraction of sp³-hybridized carbons (Fsp3) is 0.545. The fourth-order valence-corrected chi connectivity index (χ4v) is 4.31. The van der Waals surface area contributed by atoms with Crippen LogP contribution < -0.4 is 15.5 Å². The number of thiazole rings is 1. The van der Waals surface area contributed by atoms with Crippen molar-refractivity contribution in [2.75, 3.05) is 25.0 Å². The number of halogens is 1. The minimum atomic E-state index is 0. The topological polar surface area (TPSA) is 52.6 Å². The number of benzene rings is 1. The van der Waals surface area contributed by atoms with Crippen LogP contribution in [0.15, 0.2) is 34.6 Å². The number of rotatable bonds is 5. The van der Waals surface area contributed by atoms with Crippen molar-refractivity contribution in [2.24, 2.45) is 4.99 Å². The third-order valence-corrected chi connectivity index (χ3v) is 5.99. The lowest BCUT2D eigenvalue weighted by Gasteiger charge is -2.22. The summed E-state index contributed by atoms with van der Waals surface area (Å²) in [4.78, 5) is 11.6. The normalized spacial score (nSPS) is 15.8. The first kappa shape index (κ1) is 23.9. The Bertz CT molecular complexity index is 806. The molecule has 2 heterocycles. The SMILES string of the molecule is CN=C(NCc1nc(C(C)(C)C)cs1)NC(C)c1cccc(N2CCCC2)c1.I. The first-order chi connectivity index (χ1) is 13.4. The van der Waals surface area contributed by atoms with Gasteiger partial charge in [-0.15, -0.1) is 35.3 Å². The first-order valence-corrected chi connectivity index (χ1v) is 11.0. The average Bonchev–Trinajstić information content (AvgIpc) is 3.36. The van der Waals surface area contributed by atoms with Crippen molar-refractivity contribution < 1.29 is 0 Å². The second-order valence-corrected chi connectivity index (χ2v) is 9.40. The Morgan fingerprint density at radius 2 is 2.00 bits per heavy atom. The van der Waals surface area contributed by atoms with Crippen molar-refractivity contribution in [1.82, 2.24) is 15.6 Å². The van der Waals surface area contributed by atoms with Crippen LogP contribution in [0.2, 0.25) is 0 Å². The van der Waals surface area contributed by atoms with Gasteiger partial charge in [0.25, 0.3) is 0 Å². The number of anilines is 1.